The van der Waals surface area contributed by atoms with Crippen LogP contribution in [0, 0.1) is 22.5 Å². The molecule has 5 aliphatic rings. The number of benzene rings is 1. The molecule has 1 aromatic heterocycles. The van der Waals surface area contributed by atoms with Gasteiger partial charge >= 0.3 is 0 Å². The van der Waals surface area contributed by atoms with Crippen LogP contribution in [0.1, 0.15) is 61.7 Å². The highest BCUT2D eigenvalue weighted by molar-refractivity contribution is 5.88. The monoisotopic (exact) mass is 397 g/mol. The summed E-state index contributed by atoms with van der Waals surface area (Å²) in [6, 6.07) is 2.98. The van der Waals surface area contributed by atoms with Crippen molar-refractivity contribution in [2.24, 2.45) is 15.9 Å². The molecule has 8 heteroatoms. The lowest BCUT2D eigenvalue weighted by molar-refractivity contribution is -0.223. The average Bonchev–Trinajstić information content (AvgIpc) is 3.16. The number of hydrazone groups is 1. The van der Waals surface area contributed by atoms with E-state index >= 15 is 0 Å². The SMILES string of the molecule is O=C(N1N=CCC1c1cc(F)cc(F)c1)C12CC(Cn3cc(C4CC4)nn3)(C1)C2. The predicted molar refractivity (Wildman–Crippen MR) is 99.8 cm³/mol. The molecule has 4 fully saturated rings. The van der Waals surface area contributed by atoms with Crippen LogP contribution in [0.15, 0.2) is 29.5 Å². The maximum absolute atomic E-state index is 13.6. The number of aromatic nitrogens is 3. The van der Waals surface area contributed by atoms with Crippen molar-refractivity contribution in [3.05, 3.63) is 47.3 Å². The van der Waals surface area contributed by atoms with E-state index in [0.717, 1.165) is 37.6 Å². The number of nitrogens with zero attached hydrogens (tertiary/aromatic N) is 5. The molecule has 0 spiro atoms. The Morgan fingerprint density at radius 1 is 1.14 bits per heavy atom. The Kier molecular flexibility index (Phi) is 3.39. The maximum atomic E-state index is 13.6. The molecule has 1 atom stereocenters. The summed E-state index contributed by atoms with van der Waals surface area (Å²) < 4.78 is 29.2. The molecule has 7 rings (SSSR count). The zero-order chi connectivity index (χ0) is 19.8. The minimum atomic E-state index is -0.637. The topological polar surface area (TPSA) is 63.4 Å². The lowest BCUT2D eigenvalue weighted by Crippen LogP contribution is -2.68. The Morgan fingerprint density at radius 3 is 2.55 bits per heavy atom. The summed E-state index contributed by atoms with van der Waals surface area (Å²) in [5.41, 5.74) is 1.27. The van der Waals surface area contributed by atoms with Gasteiger partial charge in [-0.05, 0) is 55.2 Å². The van der Waals surface area contributed by atoms with Gasteiger partial charge in [0.1, 0.15) is 11.6 Å². The quantitative estimate of drug-likeness (QED) is 0.775. The van der Waals surface area contributed by atoms with E-state index in [9.17, 15) is 13.6 Å². The van der Waals surface area contributed by atoms with Crippen LogP contribution < -0.4 is 0 Å². The Morgan fingerprint density at radius 2 is 1.86 bits per heavy atom. The molecule has 2 bridgehead atoms. The fourth-order valence-corrected chi connectivity index (χ4v) is 5.59. The third-order valence-electron chi connectivity index (χ3n) is 6.95. The summed E-state index contributed by atoms with van der Waals surface area (Å²) in [4.78, 5) is 13.2. The molecule has 4 aliphatic carbocycles. The van der Waals surface area contributed by atoms with Crippen LogP contribution in [0.3, 0.4) is 0 Å². The highest BCUT2D eigenvalue weighted by Gasteiger charge is 2.72. The molecule has 4 saturated carbocycles. The minimum absolute atomic E-state index is 0.0277. The Labute approximate surface area is 166 Å². The molecular formula is C21H21F2N5O. The number of hydrogen-bond donors (Lipinski definition) is 0. The van der Waals surface area contributed by atoms with Gasteiger partial charge in [-0.1, -0.05) is 5.21 Å². The van der Waals surface area contributed by atoms with E-state index in [0.29, 0.717) is 17.9 Å². The van der Waals surface area contributed by atoms with Crippen molar-refractivity contribution in [1.82, 2.24) is 20.0 Å². The van der Waals surface area contributed by atoms with E-state index in [1.165, 1.54) is 30.0 Å². The van der Waals surface area contributed by atoms with Crippen LogP contribution in [0.4, 0.5) is 8.78 Å². The highest BCUT2D eigenvalue weighted by atomic mass is 19.1. The summed E-state index contributed by atoms with van der Waals surface area (Å²) >= 11 is 0. The van der Waals surface area contributed by atoms with E-state index < -0.39 is 17.7 Å². The molecule has 29 heavy (non-hydrogen) atoms. The van der Waals surface area contributed by atoms with Crippen LogP contribution in [-0.2, 0) is 11.3 Å². The summed E-state index contributed by atoms with van der Waals surface area (Å²) in [7, 11) is 0. The maximum Gasteiger partial charge on any atom is 0.249 e. The molecule has 1 aromatic carbocycles. The highest BCUT2D eigenvalue weighted by Crippen LogP contribution is 2.74. The smallest absolute Gasteiger partial charge is 0.249 e. The number of carbonyl (C=O) groups excluding carboxylic acids is 1. The Bertz CT molecular complexity index is 1000. The first-order valence-electron chi connectivity index (χ1n) is 10.2. The first-order chi connectivity index (χ1) is 14.0. The molecule has 0 N–H and O–H groups in total. The normalized spacial score (nSPS) is 32.2. The molecule has 1 amide bonds. The largest absolute Gasteiger partial charge is 0.272 e. The number of amides is 1. The van der Waals surface area contributed by atoms with Gasteiger partial charge in [-0.3, -0.25) is 9.48 Å². The third kappa shape index (κ3) is 2.64. The fraction of sp³-hybridized carbons (Fsp3) is 0.524. The van der Waals surface area contributed by atoms with Crippen molar-refractivity contribution < 1.29 is 13.6 Å². The van der Waals surface area contributed by atoms with Gasteiger partial charge in [0.05, 0.1) is 17.2 Å². The van der Waals surface area contributed by atoms with E-state index in [1.807, 2.05) is 10.9 Å². The molecule has 6 nitrogen and oxygen atoms in total. The second kappa shape index (κ2) is 5.70. The molecule has 0 radical (unpaired) electrons. The second-order valence-corrected chi connectivity index (χ2v) is 9.33. The van der Waals surface area contributed by atoms with Crippen molar-refractivity contribution in [2.45, 2.75) is 57.0 Å². The van der Waals surface area contributed by atoms with Gasteiger partial charge in [-0.2, -0.15) is 5.10 Å². The molecule has 2 heterocycles. The molecular weight excluding hydrogens is 376 g/mol. The van der Waals surface area contributed by atoms with Gasteiger partial charge in [0, 0.05) is 37.4 Å². The average molecular weight is 397 g/mol. The number of rotatable bonds is 5. The second-order valence-electron chi connectivity index (χ2n) is 9.33. The Hall–Kier alpha value is -2.64. The van der Waals surface area contributed by atoms with Gasteiger partial charge in [0.25, 0.3) is 0 Å². The van der Waals surface area contributed by atoms with Crippen LogP contribution in [-0.4, -0.2) is 32.1 Å². The van der Waals surface area contributed by atoms with Crippen LogP contribution in [0.5, 0.6) is 0 Å². The Balaban J connectivity index is 1.14. The van der Waals surface area contributed by atoms with E-state index in [1.54, 1.807) is 6.21 Å². The van der Waals surface area contributed by atoms with Crippen molar-refractivity contribution >= 4 is 12.1 Å². The number of carbonyl (C=O) groups is 1. The third-order valence-corrected chi connectivity index (χ3v) is 6.95. The molecule has 150 valence electrons. The van der Waals surface area contributed by atoms with Gasteiger partial charge in [0.15, 0.2) is 0 Å². The predicted octanol–water partition coefficient (Wildman–Crippen LogP) is 3.56. The molecule has 0 saturated heterocycles. The van der Waals surface area contributed by atoms with Gasteiger partial charge in [0.2, 0.25) is 5.91 Å². The molecule has 1 aliphatic heterocycles. The minimum Gasteiger partial charge on any atom is -0.272 e. The summed E-state index contributed by atoms with van der Waals surface area (Å²) in [6.45, 7) is 0.795. The van der Waals surface area contributed by atoms with Gasteiger partial charge in [-0.25, -0.2) is 13.8 Å². The van der Waals surface area contributed by atoms with E-state index in [-0.39, 0.29) is 16.7 Å². The fourth-order valence-electron chi connectivity index (χ4n) is 5.59. The van der Waals surface area contributed by atoms with E-state index in [2.05, 4.69) is 15.4 Å². The van der Waals surface area contributed by atoms with Crippen molar-refractivity contribution in [2.75, 3.05) is 0 Å². The first-order valence-corrected chi connectivity index (χ1v) is 10.2. The van der Waals surface area contributed by atoms with Gasteiger partial charge < -0.3 is 0 Å². The summed E-state index contributed by atoms with van der Waals surface area (Å²) in [6.07, 6.45) is 9.02. The van der Waals surface area contributed by atoms with E-state index in [4.69, 9.17) is 0 Å². The molecule has 1 unspecified atom stereocenters. The number of hydrogen-bond acceptors (Lipinski definition) is 4. The standard InChI is InChI=1S/C21H21F2N5O/c22-15-5-14(6-16(23)7-15)18-3-4-24-28(18)19(29)21-9-20(10-21,11-21)12-27-8-17(25-26-27)13-1-2-13/h4-8,13,18H,1-3,9-12H2. The lowest BCUT2D eigenvalue weighted by Gasteiger charge is -2.69. The number of halogens is 2. The molecule has 2 aromatic rings. The first kappa shape index (κ1) is 17.2. The lowest BCUT2D eigenvalue weighted by atomic mass is 9.34. The van der Waals surface area contributed by atoms with Crippen LogP contribution in [0.25, 0.3) is 0 Å². The van der Waals surface area contributed by atoms with Gasteiger partial charge in [-0.15, -0.1) is 5.10 Å². The zero-order valence-corrected chi connectivity index (χ0v) is 15.9. The summed E-state index contributed by atoms with van der Waals surface area (Å²) in [5, 5.41) is 14.2. The van der Waals surface area contributed by atoms with Crippen molar-refractivity contribution in [3.63, 3.8) is 0 Å². The van der Waals surface area contributed by atoms with Crippen molar-refractivity contribution in [3.8, 4) is 0 Å². The van der Waals surface area contributed by atoms with Crippen LogP contribution >= 0.6 is 0 Å². The van der Waals surface area contributed by atoms with Crippen LogP contribution in [0.2, 0.25) is 0 Å². The zero-order valence-electron chi connectivity index (χ0n) is 15.9. The summed E-state index contributed by atoms with van der Waals surface area (Å²) in [5.74, 6) is -0.716. The van der Waals surface area contributed by atoms with Crippen molar-refractivity contribution in [1.29, 1.82) is 0 Å².